The van der Waals surface area contributed by atoms with Crippen LogP contribution in [-0.2, 0) is 0 Å². The smallest absolute Gasteiger partial charge is 0.272 e. The molecule has 100 valence electrons. The standard InChI is InChI=1S/C18H11NO2/c20-18-15-10-13-8-4-5-9-14(13)11-16(15)19(21)17(18)12-6-2-1-3-7-12/h1-11H. The Labute approximate surface area is 121 Å². The topological polar surface area (TPSA) is 43.1 Å². The lowest BCUT2D eigenvalue weighted by Gasteiger charge is -2.03. The molecule has 4 rings (SSSR count). The average Bonchev–Trinajstić information content (AvgIpc) is 2.77. The lowest BCUT2D eigenvalue weighted by Crippen LogP contribution is -2.16. The van der Waals surface area contributed by atoms with Crippen molar-refractivity contribution in [1.29, 1.82) is 0 Å². The largest absolute Gasteiger partial charge is 0.618 e. The first kappa shape index (κ1) is 11.9. The number of carbonyl (C=O) groups excluding carboxylic acids is 1. The lowest BCUT2D eigenvalue weighted by atomic mass is 10.00. The predicted molar refractivity (Wildman–Crippen MR) is 82.1 cm³/mol. The maximum atomic E-state index is 12.6. The first-order valence-corrected chi connectivity index (χ1v) is 6.73. The van der Waals surface area contributed by atoms with Crippen LogP contribution < -0.4 is 0 Å². The van der Waals surface area contributed by atoms with Gasteiger partial charge in [0.15, 0.2) is 0 Å². The third-order valence-corrected chi connectivity index (χ3v) is 3.79. The van der Waals surface area contributed by atoms with E-state index in [0.717, 1.165) is 15.5 Å². The number of fused-ring (bicyclic) bond motifs is 2. The van der Waals surface area contributed by atoms with Gasteiger partial charge in [-0.15, -0.1) is 0 Å². The summed E-state index contributed by atoms with van der Waals surface area (Å²) in [5, 5.41) is 14.4. The molecule has 1 aliphatic rings. The number of benzene rings is 3. The Kier molecular flexibility index (Phi) is 2.42. The van der Waals surface area contributed by atoms with Crippen LogP contribution in [0.5, 0.6) is 0 Å². The van der Waals surface area contributed by atoms with Crippen molar-refractivity contribution in [2.45, 2.75) is 0 Å². The summed E-state index contributed by atoms with van der Waals surface area (Å²) in [6.45, 7) is 0. The van der Waals surface area contributed by atoms with Crippen molar-refractivity contribution in [1.82, 2.24) is 0 Å². The quantitative estimate of drug-likeness (QED) is 0.501. The monoisotopic (exact) mass is 273 g/mol. The van der Waals surface area contributed by atoms with Gasteiger partial charge < -0.3 is 5.21 Å². The Hall–Kier alpha value is -2.94. The van der Waals surface area contributed by atoms with Crippen molar-refractivity contribution in [3.8, 4) is 0 Å². The second kappa shape index (κ2) is 4.28. The first-order valence-electron chi connectivity index (χ1n) is 6.73. The van der Waals surface area contributed by atoms with E-state index in [1.54, 1.807) is 24.3 Å². The van der Waals surface area contributed by atoms with Gasteiger partial charge in [0.25, 0.3) is 11.5 Å². The zero-order chi connectivity index (χ0) is 14.4. The van der Waals surface area contributed by atoms with Gasteiger partial charge in [-0.3, -0.25) is 4.79 Å². The minimum atomic E-state index is -0.211. The zero-order valence-corrected chi connectivity index (χ0v) is 11.1. The fourth-order valence-corrected chi connectivity index (χ4v) is 2.76. The Bertz CT molecular complexity index is 911. The lowest BCUT2D eigenvalue weighted by molar-refractivity contribution is -0.355. The summed E-state index contributed by atoms with van der Waals surface area (Å²) in [5.74, 6) is -0.211. The summed E-state index contributed by atoms with van der Waals surface area (Å²) in [5.41, 5.74) is 1.75. The van der Waals surface area contributed by atoms with E-state index in [1.165, 1.54) is 0 Å². The van der Waals surface area contributed by atoms with Crippen LogP contribution in [0, 0.1) is 5.21 Å². The molecule has 0 atom stereocenters. The fraction of sp³-hybridized carbons (Fsp3) is 0. The van der Waals surface area contributed by atoms with E-state index >= 15 is 0 Å². The van der Waals surface area contributed by atoms with E-state index in [2.05, 4.69) is 0 Å². The normalized spacial score (nSPS) is 13.8. The number of carbonyl (C=O) groups is 1. The minimum absolute atomic E-state index is 0.195. The summed E-state index contributed by atoms with van der Waals surface area (Å²) >= 11 is 0. The highest BCUT2D eigenvalue weighted by atomic mass is 16.5. The average molecular weight is 273 g/mol. The van der Waals surface area contributed by atoms with Crippen LogP contribution in [0.2, 0.25) is 0 Å². The summed E-state index contributed by atoms with van der Waals surface area (Å²) in [6, 6.07) is 20.4. The van der Waals surface area contributed by atoms with E-state index in [4.69, 9.17) is 0 Å². The van der Waals surface area contributed by atoms with E-state index in [0.29, 0.717) is 16.8 Å². The van der Waals surface area contributed by atoms with Crippen LogP contribution in [0.15, 0.2) is 66.7 Å². The van der Waals surface area contributed by atoms with Crippen LogP contribution in [0.4, 0.5) is 5.69 Å². The van der Waals surface area contributed by atoms with Gasteiger partial charge in [0.05, 0.1) is 5.56 Å². The van der Waals surface area contributed by atoms with Crippen molar-refractivity contribution in [2.75, 3.05) is 0 Å². The number of Topliss-reactive ketones (excluding diaryl/α,β-unsaturated/α-hetero) is 1. The Balaban J connectivity index is 1.98. The number of rotatable bonds is 1. The fourth-order valence-electron chi connectivity index (χ4n) is 2.76. The molecule has 3 aromatic rings. The predicted octanol–water partition coefficient (Wildman–Crippen LogP) is 3.67. The van der Waals surface area contributed by atoms with Crippen LogP contribution in [0.3, 0.4) is 0 Å². The van der Waals surface area contributed by atoms with Gasteiger partial charge in [-0.05, 0) is 29.0 Å². The molecule has 0 fully saturated rings. The maximum Gasteiger partial charge on any atom is 0.272 e. The molecule has 1 heterocycles. The van der Waals surface area contributed by atoms with Gasteiger partial charge in [-0.25, -0.2) is 0 Å². The molecule has 0 radical (unpaired) electrons. The molecule has 0 aliphatic carbocycles. The molecular formula is C18H11NO2. The molecule has 0 N–H and O–H groups in total. The molecule has 0 bridgehead atoms. The molecule has 21 heavy (non-hydrogen) atoms. The van der Waals surface area contributed by atoms with Crippen molar-refractivity contribution in [3.63, 3.8) is 0 Å². The molecular weight excluding hydrogens is 262 g/mol. The summed E-state index contributed by atoms with van der Waals surface area (Å²) in [6.07, 6.45) is 0. The highest BCUT2D eigenvalue weighted by Gasteiger charge is 2.36. The van der Waals surface area contributed by atoms with Crippen LogP contribution in [0.25, 0.3) is 10.8 Å². The van der Waals surface area contributed by atoms with Gasteiger partial charge in [-0.1, -0.05) is 42.5 Å². The SMILES string of the molecule is O=C1C(c2ccccc2)=[N+]([O-])c2cc3ccccc3cc21. The van der Waals surface area contributed by atoms with Crippen LogP contribution >= 0.6 is 0 Å². The Morgan fingerprint density at radius 1 is 0.810 bits per heavy atom. The Morgan fingerprint density at radius 2 is 1.43 bits per heavy atom. The maximum absolute atomic E-state index is 12.6. The third kappa shape index (κ3) is 1.68. The van der Waals surface area contributed by atoms with Crippen LogP contribution in [0.1, 0.15) is 15.9 Å². The van der Waals surface area contributed by atoms with E-state index in [9.17, 15) is 10.0 Å². The van der Waals surface area contributed by atoms with Crippen molar-refractivity contribution >= 4 is 28.0 Å². The summed E-state index contributed by atoms with van der Waals surface area (Å²) < 4.78 is 0.749. The number of ketones is 1. The minimum Gasteiger partial charge on any atom is -0.618 e. The van der Waals surface area contributed by atoms with Gasteiger partial charge in [-0.2, -0.15) is 4.74 Å². The first-order chi connectivity index (χ1) is 10.3. The molecule has 0 saturated carbocycles. The second-order valence-electron chi connectivity index (χ2n) is 5.05. The molecule has 0 unspecified atom stereocenters. The van der Waals surface area contributed by atoms with Gasteiger partial charge in [0.2, 0.25) is 5.69 Å². The highest BCUT2D eigenvalue weighted by molar-refractivity contribution is 6.52. The van der Waals surface area contributed by atoms with Crippen molar-refractivity contribution in [2.24, 2.45) is 0 Å². The second-order valence-corrected chi connectivity index (χ2v) is 5.05. The van der Waals surface area contributed by atoms with Crippen molar-refractivity contribution in [3.05, 3.63) is 83.1 Å². The van der Waals surface area contributed by atoms with Crippen LogP contribution in [-0.4, -0.2) is 16.2 Å². The van der Waals surface area contributed by atoms with E-state index < -0.39 is 0 Å². The van der Waals surface area contributed by atoms with Gasteiger partial charge >= 0.3 is 0 Å². The molecule has 1 aliphatic heterocycles. The molecule has 0 saturated heterocycles. The van der Waals surface area contributed by atoms with E-state index in [-0.39, 0.29) is 11.5 Å². The number of hydrogen-bond donors (Lipinski definition) is 0. The molecule has 0 spiro atoms. The molecule has 3 aromatic carbocycles. The molecule has 3 nitrogen and oxygen atoms in total. The highest BCUT2D eigenvalue weighted by Crippen LogP contribution is 2.32. The molecule has 0 amide bonds. The third-order valence-electron chi connectivity index (χ3n) is 3.79. The number of nitrogens with zero attached hydrogens (tertiary/aromatic N) is 1. The zero-order valence-electron chi connectivity index (χ0n) is 11.1. The van der Waals surface area contributed by atoms with Gasteiger partial charge in [0, 0.05) is 6.07 Å². The Morgan fingerprint density at radius 3 is 2.14 bits per heavy atom. The number of hydrogen-bond acceptors (Lipinski definition) is 2. The summed E-state index contributed by atoms with van der Waals surface area (Å²) in [4.78, 5) is 12.6. The van der Waals surface area contributed by atoms with Gasteiger partial charge in [0.1, 0.15) is 5.56 Å². The van der Waals surface area contributed by atoms with E-state index in [1.807, 2.05) is 42.5 Å². The molecule has 0 aromatic heterocycles. The molecule has 3 heteroatoms. The van der Waals surface area contributed by atoms with Crippen molar-refractivity contribution < 1.29 is 9.53 Å². The summed E-state index contributed by atoms with van der Waals surface area (Å²) in [7, 11) is 0.